The molecule has 0 bridgehead atoms. The Hall–Kier alpha value is -2.68. The van der Waals surface area contributed by atoms with Crippen molar-refractivity contribution in [2.45, 2.75) is 89.9 Å². The number of rotatable bonds is 11. The zero-order valence-electron chi connectivity index (χ0n) is 22.8. The molecule has 2 unspecified atom stereocenters. The lowest BCUT2D eigenvalue weighted by molar-refractivity contribution is -0.142. The van der Waals surface area contributed by atoms with Gasteiger partial charge in [-0.2, -0.15) is 11.8 Å². The minimum Gasteiger partial charge on any atom is -0.508 e. The van der Waals surface area contributed by atoms with Crippen molar-refractivity contribution < 1.29 is 24.2 Å². The predicted molar refractivity (Wildman–Crippen MR) is 149 cm³/mol. The van der Waals surface area contributed by atoms with Gasteiger partial charge in [0, 0.05) is 12.6 Å². The number of nitrogens with zero attached hydrogens (tertiary/aromatic N) is 1. The summed E-state index contributed by atoms with van der Waals surface area (Å²) in [6.07, 6.45) is 8.26. The fraction of sp³-hybridized carbons (Fsp3) is 0.607. The van der Waals surface area contributed by atoms with Crippen LogP contribution in [0.4, 0.5) is 4.79 Å². The Morgan fingerprint density at radius 1 is 1.24 bits per heavy atom. The van der Waals surface area contributed by atoms with Gasteiger partial charge in [-0.05, 0) is 82.2 Å². The fourth-order valence-electron chi connectivity index (χ4n) is 4.45. The number of carbonyl (C=O) groups excluding carboxylic acids is 3. The molecule has 1 saturated carbocycles. The summed E-state index contributed by atoms with van der Waals surface area (Å²) < 4.78 is 5.41. The normalized spacial score (nSPS) is 15.8. The topological polar surface area (TPSA) is 108 Å². The monoisotopic (exact) mass is 533 g/mol. The van der Waals surface area contributed by atoms with Gasteiger partial charge >= 0.3 is 6.09 Å². The number of benzene rings is 1. The highest BCUT2D eigenvalue weighted by Gasteiger charge is 2.36. The van der Waals surface area contributed by atoms with Crippen LogP contribution in [0.3, 0.4) is 0 Å². The summed E-state index contributed by atoms with van der Waals surface area (Å²) in [6.45, 7) is 10.9. The van der Waals surface area contributed by atoms with E-state index in [1.165, 1.54) is 11.0 Å². The summed E-state index contributed by atoms with van der Waals surface area (Å²) in [7, 11) is 0. The van der Waals surface area contributed by atoms with Gasteiger partial charge in [0.05, 0.1) is 0 Å². The summed E-state index contributed by atoms with van der Waals surface area (Å²) in [6, 6.07) is 3.13. The molecule has 206 valence electrons. The van der Waals surface area contributed by atoms with E-state index in [9.17, 15) is 19.5 Å². The van der Waals surface area contributed by atoms with Crippen LogP contribution in [-0.2, 0) is 14.3 Å². The molecule has 2 rings (SSSR count). The van der Waals surface area contributed by atoms with E-state index in [0.717, 1.165) is 32.1 Å². The van der Waals surface area contributed by atoms with E-state index in [1.807, 2.05) is 6.26 Å². The molecule has 1 aliphatic carbocycles. The molecule has 0 aliphatic heterocycles. The lowest BCUT2D eigenvalue weighted by Gasteiger charge is -2.35. The predicted octanol–water partition coefficient (Wildman–Crippen LogP) is 4.85. The molecule has 0 radical (unpaired) electrons. The van der Waals surface area contributed by atoms with Crippen molar-refractivity contribution in [3.05, 3.63) is 42.0 Å². The highest BCUT2D eigenvalue weighted by molar-refractivity contribution is 7.98. The summed E-state index contributed by atoms with van der Waals surface area (Å²) in [5.74, 6) is 0.0643. The van der Waals surface area contributed by atoms with Gasteiger partial charge in [0.25, 0.3) is 0 Å². The van der Waals surface area contributed by atoms with Crippen LogP contribution in [0.2, 0.25) is 0 Å². The number of hydrogen-bond donors (Lipinski definition) is 3. The number of aromatic hydroxyl groups is 1. The van der Waals surface area contributed by atoms with Gasteiger partial charge in [-0.3, -0.25) is 9.59 Å². The molecule has 3 amide bonds. The second-order valence-corrected chi connectivity index (χ2v) is 11.5. The summed E-state index contributed by atoms with van der Waals surface area (Å²) in [4.78, 5) is 41.8. The largest absolute Gasteiger partial charge is 0.508 e. The SMILES string of the molecule is C=CCN(C(=O)C(CCSC)NC(=O)OC(C)(C)C)C(C(=O)NC1CCCCC1)c1ccc(O)c(C)c1. The molecule has 0 spiro atoms. The summed E-state index contributed by atoms with van der Waals surface area (Å²) >= 11 is 1.56. The molecule has 0 saturated heterocycles. The molecule has 37 heavy (non-hydrogen) atoms. The minimum atomic E-state index is -0.955. The Kier molecular flexibility index (Phi) is 11.8. The van der Waals surface area contributed by atoms with Crippen molar-refractivity contribution in [3.63, 3.8) is 0 Å². The van der Waals surface area contributed by atoms with Gasteiger partial charge in [-0.25, -0.2) is 4.79 Å². The molecule has 1 aromatic rings. The van der Waals surface area contributed by atoms with Gasteiger partial charge in [-0.1, -0.05) is 31.4 Å². The maximum atomic E-state index is 14.0. The average molecular weight is 534 g/mol. The molecule has 0 heterocycles. The number of nitrogens with one attached hydrogen (secondary N) is 2. The van der Waals surface area contributed by atoms with Crippen molar-refractivity contribution in [2.75, 3.05) is 18.6 Å². The van der Waals surface area contributed by atoms with E-state index in [1.54, 1.807) is 57.7 Å². The summed E-state index contributed by atoms with van der Waals surface area (Å²) in [5, 5.41) is 16.0. The van der Waals surface area contributed by atoms with Crippen molar-refractivity contribution in [1.29, 1.82) is 0 Å². The Morgan fingerprint density at radius 3 is 2.49 bits per heavy atom. The molecule has 8 nitrogen and oxygen atoms in total. The zero-order valence-corrected chi connectivity index (χ0v) is 23.7. The maximum Gasteiger partial charge on any atom is 0.408 e. The molecule has 3 N–H and O–H groups in total. The quantitative estimate of drug-likeness (QED) is 0.351. The van der Waals surface area contributed by atoms with Gasteiger partial charge < -0.3 is 25.4 Å². The molecule has 2 atom stereocenters. The zero-order chi connectivity index (χ0) is 27.6. The average Bonchev–Trinajstić information content (AvgIpc) is 2.82. The number of aryl methyl sites for hydroxylation is 1. The van der Waals surface area contributed by atoms with Crippen LogP contribution in [0.1, 0.15) is 76.5 Å². The third kappa shape index (κ3) is 9.61. The first kappa shape index (κ1) is 30.5. The van der Waals surface area contributed by atoms with Gasteiger partial charge in [-0.15, -0.1) is 6.58 Å². The Balaban J connectivity index is 2.44. The molecule has 1 aliphatic rings. The maximum absolute atomic E-state index is 14.0. The number of carbonyl (C=O) groups is 3. The highest BCUT2D eigenvalue weighted by Crippen LogP contribution is 2.28. The molecule has 0 aromatic heterocycles. The molecule has 1 fully saturated rings. The fourth-order valence-corrected chi connectivity index (χ4v) is 4.92. The Labute approximate surface area is 225 Å². The van der Waals surface area contributed by atoms with Crippen LogP contribution < -0.4 is 10.6 Å². The van der Waals surface area contributed by atoms with Crippen LogP contribution in [0.15, 0.2) is 30.9 Å². The number of thioether (sulfide) groups is 1. The van der Waals surface area contributed by atoms with Crippen LogP contribution in [-0.4, -0.2) is 64.2 Å². The van der Waals surface area contributed by atoms with Gasteiger partial charge in [0.15, 0.2) is 0 Å². The van der Waals surface area contributed by atoms with Crippen LogP contribution in [0.25, 0.3) is 0 Å². The molecular formula is C28H43N3O5S. The smallest absolute Gasteiger partial charge is 0.408 e. The van der Waals surface area contributed by atoms with E-state index >= 15 is 0 Å². The van der Waals surface area contributed by atoms with Crippen molar-refractivity contribution in [1.82, 2.24) is 15.5 Å². The number of ether oxygens (including phenoxy) is 1. The van der Waals surface area contributed by atoms with Crippen molar-refractivity contribution in [2.24, 2.45) is 0 Å². The van der Waals surface area contributed by atoms with Crippen LogP contribution in [0.5, 0.6) is 5.75 Å². The van der Waals surface area contributed by atoms with Crippen LogP contribution in [0, 0.1) is 6.92 Å². The lowest BCUT2D eigenvalue weighted by Crippen LogP contribution is -2.54. The number of amides is 3. The second-order valence-electron chi connectivity index (χ2n) is 10.6. The number of hydrogen-bond acceptors (Lipinski definition) is 6. The highest BCUT2D eigenvalue weighted by atomic mass is 32.2. The number of phenolic OH excluding ortho intramolecular Hbond substituents is 1. The van der Waals surface area contributed by atoms with E-state index in [-0.39, 0.29) is 24.2 Å². The summed E-state index contributed by atoms with van der Waals surface area (Å²) in [5.41, 5.74) is 0.466. The van der Waals surface area contributed by atoms with Gasteiger partial charge in [0.1, 0.15) is 23.4 Å². The van der Waals surface area contributed by atoms with Crippen LogP contribution >= 0.6 is 11.8 Å². The second kappa shape index (κ2) is 14.3. The molecule has 1 aromatic carbocycles. The lowest BCUT2D eigenvalue weighted by atomic mass is 9.94. The standard InChI is InChI=1S/C28H43N3O5S/c1-7-16-31(26(34)22(15-17-37-6)30-27(35)36-28(3,4)5)24(20-13-14-23(32)19(2)18-20)25(33)29-21-11-9-8-10-12-21/h7,13-14,18,21-22,24,32H,1,8-12,15-17H2,2-6H3,(H,29,33)(H,30,35). The first-order chi connectivity index (χ1) is 17.5. The van der Waals surface area contributed by atoms with E-state index in [2.05, 4.69) is 17.2 Å². The van der Waals surface area contributed by atoms with E-state index in [0.29, 0.717) is 23.3 Å². The minimum absolute atomic E-state index is 0.0508. The van der Waals surface area contributed by atoms with E-state index in [4.69, 9.17) is 4.74 Å². The van der Waals surface area contributed by atoms with Gasteiger partial charge in [0.2, 0.25) is 11.8 Å². The number of alkyl carbamates (subject to hydrolysis) is 1. The third-order valence-electron chi connectivity index (χ3n) is 6.26. The van der Waals surface area contributed by atoms with Crippen molar-refractivity contribution in [3.8, 4) is 5.75 Å². The Bertz CT molecular complexity index is 940. The molecular weight excluding hydrogens is 490 g/mol. The van der Waals surface area contributed by atoms with E-state index < -0.39 is 29.7 Å². The first-order valence-electron chi connectivity index (χ1n) is 13.0. The Morgan fingerprint density at radius 2 is 1.92 bits per heavy atom. The first-order valence-corrected chi connectivity index (χ1v) is 14.4. The third-order valence-corrected chi connectivity index (χ3v) is 6.90. The van der Waals surface area contributed by atoms with Crippen molar-refractivity contribution >= 4 is 29.7 Å². The number of phenols is 1. The molecule has 9 heteroatoms.